The van der Waals surface area contributed by atoms with E-state index in [9.17, 15) is 4.79 Å². The SMILES string of the molecule is C=C(C)CNc1ccc(NC(C)=O)cc1. The Hall–Kier alpha value is -1.77. The monoisotopic (exact) mass is 204 g/mol. The molecule has 0 bridgehead atoms. The summed E-state index contributed by atoms with van der Waals surface area (Å²) in [5.41, 5.74) is 2.91. The van der Waals surface area contributed by atoms with Gasteiger partial charge in [-0.25, -0.2) is 0 Å². The third-order valence-electron chi connectivity index (χ3n) is 1.80. The zero-order valence-electron chi connectivity index (χ0n) is 9.13. The molecule has 15 heavy (non-hydrogen) atoms. The highest BCUT2D eigenvalue weighted by molar-refractivity contribution is 5.88. The van der Waals surface area contributed by atoms with Crippen molar-refractivity contribution in [1.82, 2.24) is 0 Å². The van der Waals surface area contributed by atoms with Crippen molar-refractivity contribution in [3.05, 3.63) is 36.4 Å². The normalized spacial score (nSPS) is 9.47. The van der Waals surface area contributed by atoms with Crippen molar-refractivity contribution in [2.45, 2.75) is 13.8 Å². The topological polar surface area (TPSA) is 41.1 Å². The molecule has 1 rings (SSSR count). The number of hydrogen-bond donors (Lipinski definition) is 2. The molecule has 0 aromatic heterocycles. The lowest BCUT2D eigenvalue weighted by Gasteiger charge is -2.07. The molecule has 1 aromatic carbocycles. The zero-order chi connectivity index (χ0) is 11.3. The van der Waals surface area contributed by atoms with Crippen LogP contribution in [0.5, 0.6) is 0 Å². The Morgan fingerprint density at radius 2 is 1.73 bits per heavy atom. The van der Waals surface area contributed by atoms with Gasteiger partial charge >= 0.3 is 0 Å². The molecule has 0 unspecified atom stereocenters. The second-order valence-corrected chi connectivity index (χ2v) is 3.57. The number of amides is 1. The van der Waals surface area contributed by atoms with Gasteiger partial charge in [0.05, 0.1) is 0 Å². The van der Waals surface area contributed by atoms with E-state index in [1.807, 2.05) is 31.2 Å². The van der Waals surface area contributed by atoms with Crippen LogP contribution in [0.15, 0.2) is 36.4 Å². The van der Waals surface area contributed by atoms with Crippen molar-refractivity contribution in [2.75, 3.05) is 17.2 Å². The minimum absolute atomic E-state index is 0.0577. The van der Waals surface area contributed by atoms with Crippen molar-refractivity contribution >= 4 is 17.3 Å². The Bertz CT molecular complexity index is 354. The highest BCUT2D eigenvalue weighted by Gasteiger charge is 1.95. The van der Waals surface area contributed by atoms with Crippen LogP contribution in [0.3, 0.4) is 0 Å². The third-order valence-corrected chi connectivity index (χ3v) is 1.80. The molecule has 0 atom stereocenters. The van der Waals surface area contributed by atoms with Gasteiger partial charge in [-0.3, -0.25) is 4.79 Å². The fourth-order valence-corrected chi connectivity index (χ4v) is 1.13. The number of carbonyl (C=O) groups excluding carboxylic acids is 1. The molecule has 0 aliphatic rings. The van der Waals surface area contributed by atoms with Crippen LogP contribution in [-0.2, 0) is 4.79 Å². The number of hydrogen-bond acceptors (Lipinski definition) is 2. The average molecular weight is 204 g/mol. The van der Waals surface area contributed by atoms with Gasteiger partial charge in [-0.2, -0.15) is 0 Å². The summed E-state index contributed by atoms with van der Waals surface area (Å²) in [7, 11) is 0. The van der Waals surface area contributed by atoms with Crippen molar-refractivity contribution in [2.24, 2.45) is 0 Å². The minimum Gasteiger partial charge on any atom is -0.381 e. The fraction of sp³-hybridized carbons (Fsp3) is 0.250. The first-order chi connectivity index (χ1) is 7.08. The minimum atomic E-state index is -0.0577. The van der Waals surface area contributed by atoms with Crippen LogP contribution in [0.2, 0.25) is 0 Å². The van der Waals surface area contributed by atoms with Crippen molar-refractivity contribution in [1.29, 1.82) is 0 Å². The lowest BCUT2D eigenvalue weighted by atomic mass is 10.2. The van der Waals surface area contributed by atoms with E-state index in [0.717, 1.165) is 23.5 Å². The fourth-order valence-electron chi connectivity index (χ4n) is 1.13. The molecule has 1 amide bonds. The zero-order valence-corrected chi connectivity index (χ0v) is 9.13. The van der Waals surface area contributed by atoms with Crippen LogP contribution < -0.4 is 10.6 Å². The van der Waals surface area contributed by atoms with Crippen LogP contribution >= 0.6 is 0 Å². The predicted octanol–water partition coefficient (Wildman–Crippen LogP) is 2.63. The molecule has 3 heteroatoms. The summed E-state index contributed by atoms with van der Waals surface area (Å²) < 4.78 is 0. The van der Waals surface area contributed by atoms with Crippen LogP contribution in [0.4, 0.5) is 11.4 Å². The van der Waals surface area contributed by atoms with Gasteiger partial charge in [-0.05, 0) is 31.2 Å². The highest BCUT2D eigenvalue weighted by Crippen LogP contribution is 2.13. The number of benzene rings is 1. The van der Waals surface area contributed by atoms with Crippen molar-refractivity contribution < 1.29 is 4.79 Å². The molecular formula is C12H16N2O. The Morgan fingerprint density at radius 3 is 2.20 bits per heavy atom. The lowest BCUT2D eigenvalue weighted by Crippen LogP contribution is -2.06. The molecule has 1 aromatic rings. The molecule has 0 heterocycles. The van der Waals surface area contributed by atoms with Crippen molar-refractivity contribution in [3.63, 3.8) is 0 Å². The lowest BCUT2D eigenvalue weighted by molar-refractivity contribution is -0.114. The molecule has 2 N–H and O–H groups in total. The first kappa shape index (κ1) is 11.3. The summed E-state index contributed by atoms with van der Waals surface area (Å²) in [6, 6.07) is 7.58. The second kappa shape index (κ2) is 5.20. The number of carbonyl (C=O) groups is 1. The summed E-state index contributed by atoms with van der Waals surface area (Å²) >= 11 is 0. The molecule has 0 spiro atoms. The van der Waals surface area contributed by atoms with Gasteiger partial charge < -0.3 is 10.6 Å². The maximum absolute atomic E-state index is 10.8. The van der Waals surface area contributed by atoms with Gasteiger partial charge in [0.2, 0.25) is 5.91 Å². The van der Waals surface area contributed by atoms with E-state index in [4.69, 9.17) is 0 Å². The molecule has 3 nitrogen and oxygen atoms in total. The van der Waals surface area contributed by atoms with Gasteiger partial charge in [-0.1, -0.05) is 12.2 Å². The number of anilines is 2. The highest BCUT2D eigenvalue weighted by atomic mass is 16.1. The number of nitrogens with one attached hydrogen (secondary N) is 2. The second-order valence-electron chi connectivity index (χ2n) is 3.57. The molecule has 0 aliphatic heterocycles. The molecular weight excluding hydrogens is 188 g/mol. The molecule has 0 saturated heterocycles. The maximum Gasteiger partial charge on any atom is 0.221 e. The summed E-state index contributed by atoms with van der Waals surface area (Å²) in [5, 5.41) is 5.92. The Kier molecular flexibility index (Phi) is 3.92. The predicted molar refractivity (Wildman–Crippen MR) is 64.0 cm³/mol. The van der Waals surface area contributed by atoms with E-state index >= 15 is 0 Å². The summed E-state index contributed by atoms with van der Waals surface area (Å²) in [4.78, 5) is 10.8. The quantitative estimate of drug-likeness (QED) is 0.740. The summed E-state index contributed by atoms with van der Waals surface area (Å²) in [6.45, 7) is 8.04. The maximum atomic E-state index is 10.8. The first-order valence-electron chi connectivity index (χ1n) is 4.84. The first-order valence-corrected chi connectivity index (χ1v) is 4.84. The van der Waals surface area contributed by atoms with E-state index in [-0.39, 0.29) is 5.91 Å². The summed E-state index contributed by atoms with van der Waals surface area (Å²) in [5.74, 6) is -0.0577. The third kappa shape index (κ3) is 4.31. The smallest absolute Gasteiger partial charge is 0.221 e. The van der Waals surface area contributed by atoms with E-state index in [1.54, 1.807) is 0 Å². The Labute approximate surface area is 90.2 Å². The Morgan fingerprint density at radius 1 is 1.20 bits per heavy atom. The van der Waals surface area contributed by atoms with Crippen LogP contribution in [0, 0.1) is 0 Å². The van der Waals surface area contributed by atoms with E-state index in [2.05, 4.69) is 17.2 Å². The van der Waals surface area contributed by atoms with E-state index in [0.29, 0.717) is 0 Å². The largest absolute Gasteiger partial charge is 0.381 e. The van der Waals surface area contributed by atoms with Gasteiger partial charge in [-0.15, -0.1) is 0 Å². The van der Waals surface area contributed by atoms with Crippen LogP contribution in [-0.4, -0.2) is 12.5 Å². The van der Waals surface area contributed by atoms with Gasteiger partial charge in [0.1, 0.15) is 0 Å². The van der Waals surface area contributed by atoms with Gasteiger partial charge in [0.15, 0.2) is 0 Å². The summed E-state index contributed by atoms with van der Waals surface area (Å²) in [6.07, 6.45) is 0. The number of rotatable bonds is 4. The van der Waals surface area contributed by atoms with Crippen molar-refractivity contribution in [3.8, 4) is 0 Å². The van der Waals surface area contributed by atoms with Gasteiger partial charge in [0.25, 0.3) is 0 Å². The van der Waals surface area contributed by atoms with E-state index < -0.39 is 0 Å². The molecule has 80 valence electrons. The Balaban J connectivity index is 2.56. The van der Waals surface area contributed by atoms with Crippen LogP contribution in [0.25, 0.3) is 0 Å². The van der Waals surface area contributed by atoms with Crippen LogP contribution in [0.1, 0.15) is 13.8 Å². The molecule has 0 fully saturated rings. The van der Waals surface area contributed by atoms with E-state index in [1.165, 1.54) is 6.92 Å². The molecule has 0 radical (unpaired) electrons. The standard InChI is InChI=1S/C12H16N2O/c1-9(2)8-13-11-4-6-12(7-5-11)14-10(3)15/h4-7,13H,1,8H2,2-3H3,(H,14,15). The molecule has 0 saturated carbocycles. The molecule has 0 aliphatic carbocycles. The average Bonchev–Trinajstić information content (AvgIpc) is 2.16. The van der Waals surface area contributed by atoms with Gasteiger partial charge in [0, 0.05) is 24.8 Å².